The van der Waals surface area contributed by atoms with Crippen LogP contribution in [0.15, 0.2) is 6.07 Å². The zero-order chi connectivity index (χ0) is 6.15. The van der Waals surface area contributed by atoms with Crippen LogP contribution in [0.3, 0.4) is 0 Å². The second-order valence-corrected chi connectivity index (χ2v) is 3.74. The van der Waals surface area contributed by atoms with Crippen LogP contribution in [0.25, 0.3) is 0 Å². The maximum Gasteiger partial charge on any atom is 0.174 e. The van der Waals surface area contributed by atoms with E-state index < -0.39 is 0 Å². The van der Waals surface area contributed by atoms with E-state index >= 15 is 0 Å². The summed E-state index contributed by atoms with van der Waals surface area (Å²) in [6.45, 7) is 1.89. The van der Waals surface area contributed by atoms with E-state index in [2.05, 4.69) is 9.24 Å². The lowest BCUT2D eigenvalue weighted by atomic mass is 10.4. The van der Waals surface area contributed by atoms with Gasteiger partial charge in [-0.15, -0.1) is 0 Å². The highest BCUT2D eigenvalue weighted by atomic mass is 32.1. The summed E-state index contributed by atoms with van der Waals surface area (Å²) in [7, 11) is 2.54. The van der Waals surface area contributed by atoms with Gasteiger partial charge in [-0.25, -0.2) is 0 Å². The minimum Gasteiger partial charge on any atom is -0.499 e. The zero-order valence-electron chi connectivity index (χ0n) is 4.51. The normalized spacial score (nSPS) is 9.75. The highest BCUT2D eigenvalue weighted by Gasteiger charge is 1.96. The van der Waals surface area contributed by atoms with Gasteiger partial charge >= 0.3 is 0 Å². The number of thiophene rings is 1. The molecule has 1 N–H and O–H groups in total. The fourth-order valence-corrected chi connectivity index (χ4v) is 1.76. The first-order valence-corrected chi connectivity index (χ1v) is 3.64. The van der Waals surface area contributed by atoms with Gasteiger partial charge in [-0.05, 0) is 13.0 Å². The molecular weight excluding hydrogens is 139 g/mol. The van der Waals surface area contributed by atoms with Crippen molar-refractivity contribution in [3.8, 4) is 5.06 Å². The van der Waals surface area contributed by atoms with Gasteiger partial charge in [-0.1, -0.05) is 20.6 Å². The Morgan fingerprint density at radius 1 is 1.75 bits per heavy atom. The zero-order valence-corrected chi connectivity index (χ0v) is 6.48. The van der Waals surface area contributed by atoms with Gasteiger partial charge in [0.1, 0.15) is 0 Å². The number of hydrogen-bond donors (Lipinski definition) is 1. The fraction of sp³-hybridized carbons (Fsp3) is 0.200. The molecule has 0 fully saturated rings. The van der Waals surface area contributed by atoms with Gasteiger partial charge in [0.2, 0.25) is 0 Å². The molecule has 1 heterocycles. The van der Waals surface area contributed by atoms with Crippen molar-refractivity contribution < 1.29 is 5.11 Å². The molecule has 0 saturated carbocycles. The predicted octanol–water partition coefficient (Wildman–Crippen LogP) is 1.26. The van der Waals surface area contributed by atoms with Crippen molar-refractivity contribution in [1.82, 2.24) is 0 Å². The maximum atomic E-state index is 8.95. The lowest BCUT2D eigenvalue weighted by molar-refractivity contribution is 0.487. The van der Waals surface area contributed by atoms with E-state index in [1.165, 1.54) is 11.3 Å². The van der Waals surface area contributed by atoms with Crippen LogP contribution < -0.4 is 4.62 Å². The van der Waals surface area contributed by atoms with Crippen molar-refractivity contribution in [2.75, 3.05) is 0 Å². The Morgan fingerprint density at radius 3 is 2.50 bits per heavy atom. The topological polar surface area (TPSA) is 20.2 Å². The molecule has 0 aliphatic rings. The van der Waals surface area contributed by atoms with Gasteiger partial charge in [0.05, 0.1) is 0 Å². The highest BCUT2D eigenvalue weighted by molar-refractivity contribution is 7.43. The van der Waals surface area contributed by atoms with Gasteiger partial charge < -0.3 is 5.11 Å². The third-order valence-corrected chi connectivity index (χ3v) is 2.30. The van der Waals surface area contributed by atoms with Crippen molar-refractivity contribution >= 4 is 25.2 Å². The molecule has 0 aliphatic carbocycles. The predicted molar refractivity (Wildman–Crippen MR) is 40.1 cm³/mol. The van der Waals surface area contributed by atoms with Crippen molar-refractivity contribution in [1.29, 1.82) is 0 Å². The molecule has 0 aliphatic heterocycles. The summed E-state index contributed by atoms with van der Waals surface area (Å²) < 4.78 is 1.08. The van der Waals surface area contributed by atoms with E-state index in [4.69, 9.17) is 5.11 Å². The number of aryl methyl sites for hydroxylation is 1. The Kier molecular flexibility index (Phi) is 1.54. The Labute approximate surface area is 54.6 Å². The Hall–Kier alpha value is -0.0700. The van der Waals surface area contributed by atoms with Gasteiger partial charge in [-0.3, -0.25) is 0 Å². The summed E-state index contributed by atoms with van der Waals surface area (Å²) in [5, 5.41) is 9.37. The molecule has 44 valence electrons. The number of hydrogen-bond acceptors (Lipinski definition) is 2. The summed E-state index contributed by atoms with van der Waals surface area (Å²) in [5.74, 6) is 0. The molecule has 0 aromatic carbocycles. The van der Waals surface area contributed by atoms with Crippen LogP contribution in [0.2, 0.25) is 0 Å². The van der Waals surface area contributed by atoms with Crippen LogP contribution >= 0.6 is 20.6 Å². The first-order chi connectivity index (χ1) is 3.70. The minimum atomic E-state index is 0.426. The molecule has 0 radical (unpaired) electrons. The largest absolute Gasteiger partial charge is 0.499 e. The molecule has 0 saturated heterocycles. The van der Waals surface area contributed by atoms with Crippen molar-refractivity contribution in [3.63, 3.8) is 0 Å². The average molecular weight is 146 g/mol. The maximum absolute atomic E-state index is 8.95. The third kappa shape index (κ3) is 1.01. The monoisotopic (exact) mass is 146 g/mol. The summed E-state index contributed by atoms with van der Waals surface area (Å²) in [5.41, 5.74) is 0.958. The molecule has 0 amide bonds. The molecule has 1 atom stereocenters. The molecule has 1 unspecified atom stereocenters. The second kappa shape index (κ2) is 2.04. The Bertz CT molecular complexity index is 175. The van der Waals surface area contributed by atoms with Crippen LogP contribution in [-0.4, -0.2) is 5.11 Å². The molecule has 1 aromatic rings. The summed E-state index contributed by atoms with van der Waals surface area (Å²) in [6, 6.07) is 1.94. The first kappa shape index (κ1) is 6.06. The molecule has 1 rings (SSSR count). The van der Waals surface area contributed by atoms with Gasteiger partial charge in [0, 0.05) is 10.2 Å². The standard InChI is InChI=1S/C5H7OPS/c1-3-2-4(7)8-5(3)6/h2,6H,7H2,1H3. The van der Waals surface area contributed by atoms with Crippen molar-refractivity contribution in [2.45, 2.75) is 6.92 Å². The van der Waals surface area contributed by atoms with E-state index in [1.54, 1.807) is 0 Å². The summed E-state index contributed by atoms with van der Waals surface area (Å²) >= 11 is 1.39. The summed E-state index contributed by atoms with van der Waals surface area (Å²) in [6.07, 6.45) is 0. The Morgan fingerprint density at radius 2 is 2.38 bits per heavy atom. The smallest absolute Gasteiger partial charge is 0.174 e. The van der Waals surface area contributed by atoms with Crippen LogP contribution in [0.1, 0.15) is 5.56 Å². The van der Waals surface area contributed by atoms with E-state index in [-0.39, 0.29) is 0 Å². The molecule has 1 aromatic heterocycles. The Balaban J connectivity index is 3.14. The molecule has 0 bridgehead atoms. The number of aromatic hydroxyl groups is 1. The van der Waals surface area contributed by atoms with E-state index in [1.807, 2.05) is 13.0 Å². The lowest BCUT2D eigenvalue weighted by Gasteiger charge is -1.79. The van der Waals surface area contributed by atoms with E-state index in [0.29, 0.717) is 5.06 Å². The molecule has 8 heavy (non-hydrogen) atoms. The van der Waals surface area contributed by atoms with Crippen LogP contribution in [0.4, 0.5) is 0 Å². The summed E-state index contributed by atoms with van der Waals surface area (Å²) in [4.78, 5) is 0. The van der Waals surface area contributed by atoms with Crippen molar-refractivity contribution in [2.24, 2.45) is 0 Å². The minimum absolute atomic E-state index is 0.426. The SMILES string of the molecule is Cc1cc(P)sc1O. The molecular formula is C5H7OPS. The molecule has 1 nitrogen and oxygen atoms in total. The quantitative estimate of drug-likeness (QED) is 0.546. The third-order valence-electron chi connectivity index (χ3n) is 0.911. The van der Waals surface area contributed by atoms with Gasteiger partial charge in [-0.2, -0.15) is 0 Å². The average Bonchev–Trinajstić information content (AvgIpc) is 1.85. The fourth-order valence-electron chi connectivity index (χ4n) is 0.497. The highest BCUT2D eigenvalue weighted by Crippen LogP contribution is 2.22. The van der Waals surface area contributed by atoms with Crippen LogP contribution in [0.5, 0.6) is 5.06 Å². The van der Waals surface area contributed by atoms with Gasteiger partial charge in [0.25, 0.3) is 0 Å². The van der Waals surface area contributed by atoms with Crippen LogP contribution in [-0.2, 0) is 0 Å². The first-order valence-electron chi connectivity index (χ1n) is 2.25. The number of rotatable bonds is 0. The van der Waals surface area contributed by atoms with E-state index in [9.17, 15) is 0 Å². The van der Waals surface area contributed by atoms with Gasteiger partial charge in [0.15, 0.2) is 5.06 Å². The molecule has 0 spiro atoms. The van der Waals surface area contributed by atoms with Crippen molar-refractivity contribution in [3.05, 3.63) is 11.6 Å². The van der Waals surface area contributed by atoms with E-state index in [0.717, 1.165) is 10.2 Å². The lowest BCUT2D eigenvalue weighted by Crippen LogP contribution is -1.71. The second-order valence-electron chi connectivity index (χ2n) is 1.64. The van der Waals surface area contributed by atoms with Crippen LogP contribution in [0, 0.1) is 6.92 Å². The molecule has 3 heteroatoms.